The van der Waals surface area contributed by atoms with Gasteiger partial charge < -0.3 is 10.1 Å². The van der Waals surface area contributed by atoms with Crippen LogP contribution in [-0.4, -0.2) is 22.3 Å². The number of halogens is 1. The number of nitrogens with zero attached hydrogens (tertiary/aromatic N) is 2. The molecule has 0 aliphatic rings. The first-order chi connectivity index (χ1) is 14.1. The van der Waals surface area contributed by atoms with E-state index in [9.17, 15) is 14.0 Å². The summed E-state index contributed by atoms with van der Waals surface area (Å²) < 4.78 is 20.3. The van der Waals surface area contributed by atoms with Crippen molar-refractivity contribution in [3.8, 4) is 17.0 Å². The minimum Gasteiger partial charge on any atom is -0.494 e. The monoisotopic (exact) mass is 395 g/mol. The van der Waals surface area contributed by atoms with Crippen LogP contribution < -0.4 is 15.6 Å². The van der Waals surface area contributed by atoms with E-state index in [0.29, 0.717) is 18.7 Å². The Morgan fingerprint density at radius 3 is 2.59 bits per heavy atom. The van der Waals surface area contributed by atoms with Crippen LogP contribution in [0.5, 0.6) is 5.75 Å². The van der Waals surface area contributed by atoms with Gasteiger partial charge in [0.15, 0.2) is 0 Å². The summed E-state index contributed by atoms with van der Waals surface area (Å²) in [4.78, 5) is 24.1. The zero-order chi connectivity index (χ0) is 20.6. The average molecular weight is 395 g/mol. The number of amides is 1. The smallest absolute Gasteiger partial charge is 0.266 e. The van der Waals surface area contributed by atoms with Crippen LogP contribution in [0.4, 0.5) is 10.1 Å². The molecule has 0 bridgehead atoms. The van der Waals surface area contributed by atoms with Gasteiger partial charge in [0.05, 0.1) is 18.0 Å². The second-order valence-electron chi connectivity index (χ2n) is 6.37. The molecule has 6 nitrogen and oxygen atoms in total. The van der Waals surface area contributed by atoms with E-state index in [-0.39, 0.29) is 30.1 Å². The fraction of sp³-hybridized carbons (Fsp3) is 0.227. The van der Waals surface area contributed by atoms with Gasteiger partial charge >= 0.3 is 0 Å². The maximum absolute atomic E-state index is 13.6. The molecular weight excluding hydrogens is 373 g/mol. The third-order valence-corrected chi connectivity index (χ3v) is 4.25. The van der Waals surface area contributed by atoms with Crippen molar-refractivity contribution in [2.75, 3.05) is 11.9 Å². The number of anilines is 1. The van der Waals surface area contributed by atoms with Crippen molar-refractivity contribution in [2.24, 2.45) is 0 Å². The van der Waals surface area contributed by atoms with E-state index in [0.717, 1.165) is 11.3 Å². The van der Waals surface area contributed by atoms with Gasteiger partial charge in [0, 0.05) is 24.6 Å². The lowest BCUT2D eigenvalue weighted by Gasteiger charge is -2.09. The Hall–Kier alpha value is -3.48. The second-order valence-corrected chi connectivity index (χ2v) is 6.37. The molecule has 1 aromatic heterocycles. The number of nitrogens with one attached hydrogen (secondary N) is 1. The first-order valence-electron chi connectivity index (χ1n) is 9.42. The molecule has 29 heavy (non-hydrogen) atoms. The number of benzene rings is 2. The van der Waals surface area contributed by atoms with Crippen molar-refractivity contribution in [3.63, 3.8) is 0 Å². The van der Waals surface area contributed by atoms with Gasteiger partial charge in [-0.05, 0) is 55.8 Å². The molecule has 0 radical (unpaired) electrons. The summed E-state index contributed by atoms with van der Waals surface area (Å²) >= 11 is 0. The molecule has 1 amide bonds. The van der Waals surface area contributed by atoms with Crippen molar-refractivity contribution in [1.29, 1.82) is 0 Å². The molecule has 2 aromatic carbocycles. The molecule has 3 aromatic rings. The zero-order valence-electron chi connectivity index (χ0n) is 16.1. The number of carbonyl (C=O) groups excluding carboxylic acids is 1. The van der Waals surface area contributed by atoms with Crippen LogP contribution in [0.2, 0.25) is 0 Å². The van der Waals surface area contributed by atoms with E-state index < -0.39 is 5.82 Å². The van der Waals surface area contributed by atoms with Gasteiger partial charge in [0.1, 0.15) is 11.6 Å². The average Bonchev–Trinajstić information content (AvgIpc) is 2.72. The fourth-order valence-corrected chi connectivity index (χ4v) is 2.82. The van der Waals surface area contributed by atoms with Gasteiger partial charge in [0.2, 0.25) is 5.91 Å². The Labute approximate surface area is 168 Å². The number of hydrogen-bond donors (Lipinski definition) is 1. The Kier molecular flexibility index (Phi) is 6.73. The Bertz CT molecular complexity index is 1030. The third kappa shape index (κ3) is 5.51. The summed E-state index contributed by atoms with van der Waals surface area (Å²) in [7, 11) is 0. The van der Waals surface area contributed by atoms with Crippen LogP contribution >= 0.6 is 0 Å². The molecule has 0 aliphatic carbocycles. The molecule has 0 spiro atoms. The maximum Gasteiger partial charge on any atom is 0.266 e. The Morgan fingerprint density at radius 2 is 1.86 bits per heavy atom. The van der Waals surface area contributed by atoms with Crippen molar-refractivity contribution in [2.45, 2.75) is 26.3 Å². The maximum atomic E-state index is 13.6. The van der Waals surface area contributed by atoms with Crippen molar-refractivity contribution >= 4 is 11.6 Å². The third-order valence-electron chi connectivity index (χ3n) is 4.25. The Balaban J connectivity index is 1.61. The number of aryl methyl sites for hydroxylation is 1. The summed E-state index contributed by atoms with van der Waals surface area (Å²) in [6, 6.07) is 16.6. The highest BCUT2D eigenvalue weighted by molar-refractivity contribution is 5.90. The summed E-state index contributed by atoms with van der Waals surface area (Å²) in [5, 5.41) is 6.92. The van der Waals surface area contributed by atoms with Crippen molar-refractivity contribution in [1.82, 2.24) is 9.78 Å². The second kappa shape index (κ2) is 9.64. The lowest BCUT2D eigenvalue weighted by molar-refractivity contribution is -0.116. The number of carbonyl (C=O) groups is 1. The van der Waals surface area contributed by atoms with E-state index >= 15 is 0 Å². The molecule has 0 aliphatic heterocycles. The number of aromatic nitrogens is 2. The van der Waals surface area contributed by atoms with E-state index in [1.807, 2.05) is 31.2 Å². The first kappa shape index (κ1) is 20.3. The summed E-state index contributed by atoms with van der Waals surface area (Å²) in [5.41, 5.74) is 1.42. The zero-order valence-corrected chi connectivity index (χ0v) is 16.1. The lowest BCUT2D eigenvalue weighted by atomic mass is 10.1. The van der Waals surface area contributed by atoms with Gasteiger partial charge in [-0.2, -0.15) is 5.10 Å². The SMILES string of the molecule is CCOc1ccc(-c2ccc(=O)n(CCCC(=O)Nc3ccccc3F)n2)cc1. The van der Waals surface area contributed by atoms with E-state index in [4.69, 9.17) is 4.74 Å². The molecule has 7 heteroatoms. The van der Waals surface area contributed by atoms with Crippen LogP contribution in [-0.2, 0) is 11.3 Å². The van der Waals surface area contributed by atoms with Gasteiger partial charge in [-0.25, -0.2) is 9.07 Å². The molecule has 0 saturated heterocycles. The fourth-order valence-electron chi connectivity index (χ4n) is 2.82. The summed E-state index contributed by atoms with van der Waals surface area (Å²) in [6.45, 7) is 2.79. The van der Waals surface area contributed by atoms with Crippen LogP contribution in [0.15, 0.2) is 65.5 Å². The minimum absolute atomic E-state index is 0.144. The highest BCUT2D eigenvalue weighted by Crippen LogP contribution is 2.20. The molecule has 0 atom stereocenters. The topological polar surface area (TPSA) is 73.2 Å². The predicted octanol–water partition coefficient (Wildman–Crippen LogP) is 3.87. The van der Waals surface area contributed by atoms with Crippen LogP contribution in [0.3, 0.4) is 0 Å². The van der Waals surface area contributed by atoms with E-state index in [2.05, 4.69) is 10.4 Å². The molecular formula is C22H22FN3O3. The molecule has 0 saturated carbocycles. The van der Waals surface area contributed by atoms with Gasteiger partial charge in [-0.3, -0.25) is 9.59 Å². The van der Waals surface area contributed by atoms with Gasteiger partial charge in [-0.1, -0.05) is 12.1 Å². The lowest BCUT2D eigenvalue weighted by Crippen LogP contribution is -2.23. The number of para-hydroxylation sites is 1. The molecule has 1 N–H and O–H groups in total. The van der Waals surface area contributed by atoms with Gasteiger partial charge in [0.25, 0.3) is 5.56 Å². The summed E-state index contributed by atoms with van der Waals surface area (Å²) in [6.07, 6.45) is 0.551. The number of hydrogen-bond acceptors (Lipinski definition) is 4. The normalized spacial score (nSPS) is 10.6. The quantitative estimate of drug-likeness (QED) is 0.628. The predicted molar refractivity (Wildman–Crippen MR) is 109 cm³/mol. The molecule has 150 valence electrons. The standard InChI is InChI=1S/C22H22FN3O3/c1-2-29-17-11-9-16(10-12-17)19-13-14-22(28)26(25-19)15-5-8-21(27)24-20-7-4-3-6-18(20)23/h3-4,6-7,9-14H,2,5,8,15H2,1H3,(H,24,27). The van der Waals surface area contributed by atoms with Crippen LogP contribution in [0.25, 0.3) is 11.3 Å². The minimum atomic E-state index is -0.484. The van der Waals surface area contributed by atoms with Gasteiger partial charge in [-0.15, -0.1) is 0 Å². The van der Waals surface area contributed by atoms with Crippen LogP contribution in [0.1, 0.15) is 19.8 Å². The Morgan fingerprint density at radius 1 is 1.10 bits per heavy atom. The highest BCUT2D eigenvalue weighted by Gasteiger charge is 2.08. The summed E-state index contributed by atoms with van der Waals surface area (Å²) in [5.74, 6) is -0.0296. The van der Waals surface area contributed by atoms with Crippen molar-refractivity contribution in [3.05, 3.63) is 76.8 Å². The molecule has 3 rings (SSSR count). The molecule has 0 fully saturated rings. The molecule has 0 unspecified atom stereocenters. The molecule has 1 heterocycles. The highest BCUT2D eigenvalue weighted by atomic mass is 19.1. The van der Waals surface area contributed by atoms with Crippen molar-refractivity contribution < 1.29 is 13.9 Å². The van der Waals surface area contributed by atoms with E-state index in [1.54, 1.807) is 18.2 Å². The largest absolute Gasteiger partial charge is 0.494 e. The van der Waals surface area contributed by atoms with E-state index in [1.165, 1.54) is 22.9 Å². The number of ether oxygens (including phenoxy) is 1. The number of rotatable bonds is 8. The first-order valence-corrected chi connectivity index (χ1v) is 9.42. The van der Waals surface area contributed by atoms with Crippen LogP contribution in [0, 0.1) is 5.82 Å².